The second kappa shape index (κ2) is 7.88. The molecule has 0 radical (unpaired) electrons. The molecular weight excluding hydrogens is 152 g/mol. The van der Waals surface area contributed by atoms with Crippen molar-refractivity contribution in [1.82, 2.24) is 5.32 Å². The molecule has 0 saturated carbocycles. The largest absolute Gasteiger partial charge is 0.375 e. The molecule has 4 heteroatoms. The molecule has 0 aromatic heterocycles. The summed E-state index contributed by atoms with van der Waals surface area (Å²) >= 11 is 0. The maximum absolute atomic E-state index is 11.5. The molecule has 0 atom stereocenters. The Morgan fingerprint density at radius 3 is 2.73 bits per heavy atom. The van der Waals surface area contributed by atoms with Gasteiger partial charge >= 0.3 is 0 Å². The SMILES string of the molecule is CCNCCCOCC(F)F. The summed E-state index contributed by atoms with van der Waals surface area (Å²) in [7, 11) is 0. The Bertz CT molecular complexity index is 80.8. The van der Waals surface area contributed by atoms with E-state index in [1.165, 1.54) is 0 Å². The third kappa shape index (κ3) is 9.78. The molecule has 0 aliphatic heterocycles. The van der Waals surface area contributed by atoms with Crippen LogP contribution in [0.5, 0.6) is 0 Å². The van der Waals surface area contributed by atoms with E-state index in [1.54, 1.807) is 0 Å². The topological polar surface area (TPSA) is 21.3 Å². The van der Waals surface area contributed by atoms with Gasteiger partial charge in [-0.25, -0.2) is 8.78 Å². The van der Waals surface area contributed by atoms with Gasteiger partial charge in [-0.3, -0.25) is 0 Å². The summed E-state index contributed by atoms with van der Waals surface area (Å²) in [6.45, 7) is 3.72. The monoisotopic (exact) mass is 167 g/mol. The van der Waals surface area contributed by atoms with Crippen molar-refractivity contribution in [2.75, 3.05) is 26.3 Å². The van der Waals surface area contributed by atoms with Crippen LogP contribution in [0.3, 0.4) is 0 Å². The van der Waals surface area contributed by atoms with Crippen molar-refractivity contribution in [2.24, 2.45) is 0 Å². The molecule has 0 saturated heterocycles. The minimum Gasteiger partial charge on any atom is -0.375 e. The molecule has 0 aromatic rings. The molecule has 0 amide bonds. The molecule has 0 rings (SSSR count). The summed E-state index contributed by atoms with van der Waals surface area (Å²) in [5.74, 6) is 0. The second-order valence-electron chi connectivity index (χ2n) is 2.17. The maximum Gasteiger partial charge on any atom is 0.261 e. The highest BCUT2D eigenvalue weighted by Crippen LogP contribution is 1.92. The van der Waals surface area contributed by atoms with E-state index in [1.807, 2.05) is 6.92 Å². The van der Waals surface area contributed by atoms with E-state index < -0.39 is 13.0 Å². The van der Waals surface area contributed by atoms with Crippen molar-refractivity contribution in [3.05, 3.63) is 0 Å². The third-order valence-electron chi connectivity index (χ3n) is 1.14. The van der Waals surface area contributed by atoms with Crippen LogP contribution in [0.4, 0.5) is 8.78 Å². The van der Waals surface area contributed by atoms with Crippen LogP contribution in [-0.4, -0.2) is 32.7 Å². The summed E-state index contributed by atoms with van der Waals surface area (Å²) in [5, 5.41) is 3.07. The van der Waals surface area contributed by atoms with Gasteiger partial charge in [0.15, 0.2) is 0 Å². The summed E-state index contributed by atoms with van der Waals surface area (Å²) < 4.78 is 27.6. The van der Waals surface area contributed by atoms with Gasteiger partial charge in [0.1, 0.15) is 6.61 Å². The Kier molecular flexibility index (Phi) is 7.72. The van der Waals surface area contributed by atoms with Crippen molar-refractivity contribution in [1.29, 1.82) is 0 Å². The first-order valence-electron chi connectivity index (χ1n) is 3.84. The number of hydrogen-bond acceptors (Lipinski definition) is 2. The van der Waals surface area contributed by atoms with E-state index in [4.69, 9.17) is 0 Å². The molecule has 0 unspecified atom stereocenters. The van der Waals surface area contributed by atoms with Crippen LogP contribution in [0.15, 0.2) is 0 Å². The van der Waals surface area contributed by atoms with Crippen molar-refractivity contribution in [3.8, 4) is 0 Å². The number of alkyl halides is 2. The van der Waals surface area contributed by atoms with Gasteiger partial charge in [-0.1, -0.05) is 6.92 Å². The predicted octanol–water partition coefficient (Wildman–Crippen LogP) is 1.27. The summed E-state index contributed by atoms with van der Waals surface area (Å²) in [6.07, 6.45) is -1.55. The van der Waals surface area contributed by atoms with Crippen LogP contribution < -0.4 is 5.32 Å². The van der Waals surface area contributed by atoms with Crippen molar-refractivity contribution in [2.45, 2.75) is 19.8 Å². The summed E-state index contributed by atoms with van der Waals surface area (Å²) in [4.78, 5) is 0. The number of nitrogens with one attached hydrogen (secondary N) is 1. The van der Waals surface area contributed by atoms with Crippen molar-refractivity contribution < 1.29 is 13.5 Å². The van der Waals surface area contributed by atoms with E-state index in [0.29, 0.717) is 6.61 Å². The summed E-state index contributed by atoms with van der Waals surface area (Å²) in [6, 6.07) is 0. The zero-order valence-electron chi connectivity index (χ0n) is 6.78. The maximum atomic E-state index is 11.5. The highest BCUT2D eigenvalue weighted by atomic mass is 19.3. The predicted molar refractivity (Wildman–Crippen MR) is 40.0 cm³/mol. The lowest BCUT2D eigenvalue weighted by Gasteiger charge is -2.02. The Hall–Kier alpha value is -0.220. The molecule has 0 fully saturated rings. The second-order valence-corrected chi connectivity index (χ2v) is 2.17. The lowest BCUT2D eigenvalue weighted by Crippen LogP contribution is -2.16. The quantitative estimate of drug-likeness (QED) is 0.576. The van der Waals surface area contributed by atoms with E-state index in [9.17, 15) is 8.78 Å². The van der Waals surface area contributed by atoms with Gasteiger partial charge in [0.2, 0.25) is 0 Å². The van der Waals surface area contributed by atoms with Gasteiger partial charge in [0, 0.05) is 6.61 Å². The van der Waals surface area contributed by atoms with Gasteiger partial charge in [0.25, 0.3) is 6.43 Å². The van der Waals surface area contributed by atoms with Crippen LogP contribution in [0.2, 0.25) is 0 Å². The number of halogens is 2. The zero-order valence-corrected chi connectivity index (χ0v) is 6.78. The van der Waals surface area contributed by atoms with Crippen molar-refractivity contribution >= 4 is 0 Å². The van der Waals surface area contributed by atoms with Crippen LogP contribution in [0.25, 0.3) is 0 Å². The Labute approximate surface area is 65.9 Å². The highest BCUT2D eigenvalue weighted by Gasteiger charge is 2.00. The van der Waals surface area contributed by atoms with E-state index in [2.05, 4.69) is 10.1 Å². The van der Waals surface area contributed by atoms with Gasteiger partial charge in [-0.2, -0.15) is 0 Å². The van der Waals surface area contributed by atoms with Crippen LogP contribution in [0, 0.1) is 0 Å². The lowest BCUT2D eigenvalue weighted by molar-refractivity contribution is 0.0168. The number of rotatable bonds is 7. The van der Waals surface area contributed by atoms with Gasteiger partial charge in [-0.05, 0) is 19.5 Å². The smallest absolute Gasteiger partial charge is 0.261 e. The average Bonchev–Trinajstić information content (AvgIpc) is 1.96. The normalized spacial score (nSPS) is 10.9. The Morgan fingerprint density at radius 1 is 1.45 bits per heavy atom. The number of ether oxygens (including phenoxy) is 1. The zero-order chi connectivity index (χ0) is 8.53. The van der Waals surface area contributed by atoms with Crippen LogP contribution in [-0.2, 0) is 4.74 Å². The first-order valence-corrected chi connectivity index (χ1v) is 3.84. The van der Waals surface area contributed by atoms with Crippen LogP contribution >= 0.6 is 0 Å². The lowest BCUT2D eigenvalue weighted by atomic mass is 10.4. The summed E-state index contributed by atoms with van der Waals surface area (Å²) in [5.41, 5.74) is 0. The molecule has 1 N–H and O–H groups in total. The molecule has 0 aliphatic carbocycles. The standard InChI is InChI=1S/C7H15F2NO/c1-2-10-4-3-5-11-6-7(8)9/h7,10H,2-6H2,1H3. The van der Waals surface area contributed by atoms with E-state index in [-0.39, 0.29) is 0 Å². The average molecular weight is 167 g/mol. The third-order valence-corrected chi connectivity index (χ3v) is 1.14. The minimum atomic E-state index is -2.34. The first-order chi connectivity index (χ1) is 5.27. The molecular formula is C7H15F2NO. The Morgan fingerprint density at radius 2 is 2.18 bits per heavy atom. The first kappa shape index (κ1) is 10.8. The van der Waals surface area contributed by atoms with Crippen LogP contribution in [0.1, 0.15) is 13.3 Å². The Balaban J connectivity index is 2.80. The molecule has 68 valence electrons. The van der Waals surface area contributed by atoms with Crippen molar-refractivity contribution in [3.63, 3.8) is 0 Å². The molecule has 11 heavy (non-hydrogen) atoms. The molecule has 0 heterocycles. The fourth-order valence-corrected chi connectivity index (χ4v) is 0.648. The molecule has 0 bridgehead atoms. The van der Waals surface area contributed by atoms with E-state index in [0.717, 1.165) is 19.5 Å². The fourth-order valence-electron chi connectivity index (χ4n) is 0.648. The molecule has 0 spiro atoms. The van der Waals surface area contributed by atoms with Gasteiger partial charge < -0.3 is 10.1 Å². The molecule has 0 aromatic carbocycles. The molecule has 0 aliphatic rings. The van der Waals surface area contributed by atoms with Gasteiger partial charge in [-0.15, -0.1) is 0 Å². The van der Waals surface area contributed by atoms with Gasteiger partial charge in [0.05, 0.1) is 0 Å². The van der Waals surface area contributed by atoms with E-state index >= 15 is 0 Å². The highest BCUT2D eigenvalue weighted by molar-refractivity contribution is 4.43. The minimum absolute atomic E-state index is 0.414. The number of hydrogen-bond donors (Lipinski definition) is 1. The molecule has 2 nitrogen and oxygen atoms in total. The fraction of sp³-hybridized carbons (Fsp3) is 1.00.